The molecule has 1 aliphatic rings. The van der Waals surface area contributed by atoms with Gasteiger partial charge in [0.15, 0.2) is 0 Å². The molecule has 1 saturated heterocycles. The second kappa shape index (κ2) is 3.15. The van der Waals surface area contributed by atoms with Crippen molar-refractivity contribution < 1.29 is 0 Å². The summed E-state index contributed by atoms with van der Waals surface area (Å²) in [6.45, 7) is 5.51. The van der Waals surface area contributed by atoms with Crippen LogP contribution in [-0.2, 0) is 0 Å². The standard InChI is InChI=1S/C6H15N3/c1-5(2)3-6-4-7-9-8-6/h5-9H,3-4H2,1-2H3. The van der Waals surface area contributed by atoms with E-state index in [9.17, 15) is 0 Å². The summed E-state index contributed by atoms with van der Waals surface area (Å²) in [4.78, 5) is 0. The van der Waals surface area contributed by atoms with E-state index in [0.717, 1.165) is 12.5 Å². The predicted octanol–water partition coefficient (Wildman–Crippen LogP) is 0.0135. The largest absolute Gasteiger partial charge is 0.243 e. The van der Waals surface area contributed by atoms with Crippen LogP contribution in [0, 0.1) is 5.92 Å². The molecular formula is C6H15N3. The fourth-order valence-corrected chi connectivity index (χ4v) is 1.09. The molecule has 3 heteroatoms. The monoisotopic (exact) mass is 129 g/mol. The Morgan fingerprint density at radius 2 is 2.33 bits per heavy atom. The summed E-state index contributed by atoms with van der Waals surface area (Å²) in [7, 11) is 0. The molecule has 1 fully saturated rings. The fourth-order valence-electron chi connectivity index (χ4n) is 1.09. The highest BCUT2D eigenvalue weighted by Gasteiger charge is 2.13. The van der Waals surface area contributed by atoms with E-state index in [1.807, 2.05) is 0 Å². The van der Waals surface area contributed by atoms with Gasteiger partial charge in [0, 0.05) is 12.6 Å². The van der Waals surface area contributed by atoms with E-state index < -0.39 is 0 Å². The number of hydrogen-bond acceptors (Lipinski definition) is 3. The van der Waals surface area contributed by atoms with Gasteiger partial charge in [0.1, 0.15) is 0 Å². The highest BCUT2D eigenvalue weighted by molar-refractivity contribution is 4.71. The molecule has 3 N–H and O–H groups in total. The molecule has 1 aliphatic heterocycles. The molecule has 0 radical (unpaired) electrons. The normalized spacial score (nSPS) is 27.7. The first-order valence-electron chi connectivity index (χ1n) is 3.52. The van der Waals surface area contributed by atoms with Gasteiger partial charge in [-0.15, -0.1) is 0 Å². The average Bonchev–Trinajstić information content (AvgIpc) is 2.15. The molecule has 0 saturated carbocycles. The molecule has 1 heterocycles. The molecule has 1 unspecified atom stereocenters. The second-order valence-electron chi connectivity index (χ2n) is 2.98. The quantitative estimate of drug-likeness (QED) is 0.491. The van der Waals surface area contributed by atoms with E-state index in [4.69, 9.17) is 0 Å². The minimum absolute atomic E-state index is 0.616. The molecule has 54 valence electrons. The summed E-state index contributed by atoms with van der Waals surface area (Å²) in [5.41, 5.74) is 9.02. The second-order valence-corrected chi connectivity index (χ2v) is 2.98. The zero-order valence-corrected chi connectivity index (χ0v) is 6.07. The topological polar surface area (TPSA) is 36.1 Å². The Morgan fingerprint density at radius 1 is 1.56 bits per heavy atom. The summed E-state index contributed by atoms with van der Waals surface area (Å²) >= 11 is 0. The van der Waals surface area contributed by atoms with Gasteiger partial charge in [0.05, 0.1) is 0 Å². The van der Waals surface area contributed by atoms with E-state index in [1.54, 1.807) is 0 Å². The van der Waals surface area contributed by atoms with Crippen molar-refractivity contribution in [1.82, 2.24) is 16.4 Å². The highest BCUT2D eigenvalue weighted by Crippen LogP contribution is 2.03. The zero-order chi connectivity index (χ0) is 6.69. The van der Waals surface area contributed by atoms with Gasteiger partial charge in [-0.05, 0) is 12.3 Å². The van der Waals surface area contributed by atoms with Crippen LogP contribution in [-0.4, -0.2) is 12.6 Å². The minimum atomic E-state index is 0.616. The van der Waals surface area contributed by atoms with Gasteiger partial charge >= 0.3 is 0 Å². The van der Waals surface area contributed by atoms with E-state index in [-0.39, 0.29) is 0 Å². The summed E-state index contributed by atoms with van der Waals surface area (Å²) in [6, 6.07) is 0.616. The molecule has 0 bridgehead atoms. The maximum Gasteiger partial charge on any atom is 0.0367 e. The molecular weight excluding hydrogens is 114 g/mol. The molecule has 3 nitrogen and oxygen atoms in total. The first-order chi connectivity index (χ1) is 4.29. The van der Waals surface area contributed by atoms with Crippen LogP contribution in [0.3, 0.4) is 0 Å². The van der Waals surface area contributed by atoms with Crippen LogP contribution in [0.4, 0.5) is 0 Å². The van der Waals surface area contributed by atoms with E-state index in [1.165, 1.54) is 6.42 Å². The summed E-state index contributed by atoms with van der Waals surface area (Å²) in [5, 5.41) is 0. The smallest absolute Gasteiger partial charge is 0.0367 e. The van der Waals surface area contributed by atoms with Crippen molar-refractivity contribution >= 4 is 0 Å². The van der Waals surface area contributed by atoms with Crippen LogP contribution in [0.25, 0.3) is 0 Å². The summed E-state index contributed by atoms with van der Waals surface area (Å²) in [6.07, 6.45) is 1.24. The van der Waals surface area contributed by atoms with Crippen LogP contribution in [0.15, 0.2) is 0 Å². The number of rotatable bonds is 2. The predicted molar refractivity (Wildman–Crippen MR) is 37.5 cm³/mol. The average molecular weight is 129 g/mol. The van der Waals surface area contributed by atoms with Gasteiger partial charge in [0.25, 0.3) is 0 Å². The lowest BCUT2D eigenvalue weighted by molar-refractivity contribution is 0.455. The Kier molecular flexibility index (Phi) is 2.45. The van der Waals surface area contributed by atoms with Crippen LogP contribution in [0.5, 0.6) is 0 Å². The maximum absolute atomic E-state index is 3.13. The van der Waals surface area contributed by atoms with Crippen molar-refractivity contribution in [3.8, 4) is 0 Å². The van der Waals surface area contributed by atoms with Crippen molar-refractivity contribution in [3.63, 3.8) is 0 Å². The van der Waals surface area contributed by atoms with Crippen molar-refractivity contribution in [2.24, 2.45) is 5.92 Å². The number of hydrogen-bond donors (Lipinski definition) is 3. The maximum atomic E-state index is 3.13. The van der Waals surface area contributed by atoms with Gasteiger partial charge in [0.2, 0.25) is 0 Å². The SMILES string of the molecule is CC(C)CC1CNNN1. The zero-order valence-electron chi connectivity index (χ0n) is 6.07. The van der Waals surface area contributed by atoms with Gasteiger partial charge in [-0.25, -0.2) is 10.9 Å². The van der Waals surface area contributed by atoms with Crippen LogP contribution in [0.1, 0.15) is 20.3 Å². The van der Waals surface area contributed by atoms with Crippen molar-refractivity contribution in [2.45, 2.75) is 26.3 Å². The summed E-state index contributed by atoms with van der Waals surface area (Å²) < 4.78 is 0. The van der Waals surface area contributed by atoms with E-state index in [0.29, 0.717) is 6.04 Å². The fraction of sp³-hybridized carbons (Fsp3) is 1.00. The lowest BCUT2D eigenvalue weighted by Gasteiger charge is -2.09. The summed E-state index contributed by atoms with van der Waals surface area (Å²) in [5.74, 6) is 0.782. The van der Waals surface area contributed by atoms with Crippen LogP contribution in [0.2, 0.25) is 0 Å². The molecule has 9 heavy (non-hydrogen) atoms. The molecule has 1 rings (SSSR count). The lowest BCUT2D eigenvalue weighted by atomic mass is 10.1. The third-order valence-corrected chi connectivity index (χ3v) is 1.47. The Hall–Kier alpha value is -0.120. The molecule has 0 aliphatic carbocycles. The molecule has 0 aromatic heterocycles. The van der Waals surface area contributed by atoms with Gasteiger partial charge in [-0.3, -0.25) is 0 Å². The molecule has 0 aromatic rings. The Labute approximate surface area is 56.1 Å². The van der Waals surface area contributed by atoms with Gasteiger partial charge in [-0.1, -0.05) is 13.8 Å². The molecule has 0 spiro atoms. The van der Waals surface area contributed by atoms with Crippen molar-refractivity contribution in [1.29, 1.82) is 0 Å². The Balaban J connectivity index is 2.11. The Bertz CT molecular complexity index is 76.4. The van der Waals surface area contributed by atoms with Gasteiger partial charge in [-0.2, -0.15) is 5.53 Å². The molecule has 0 aromatic carbocycles. The van der Waals surface area contributed by atoms with E-state index in [2.05, 4.69) is 30.2 Å². The molecule has 0 amide bonds. The highest BCUT2D eigenvalue weighted by atomic mass is 15.6. The van der Waals surface area contributed by atoms with Crippen molar-refractivity contribution in [2.75, 3.05) is 6.54 Å². The minimum Gasteiger partial charge on any atom is -0.243 e. The number of hydrazine groups is 2. The van der Waals surface area contributed by atoms with E-state index >= 15 is 0 Å². The lowest BCUT2D eigenvalue weighted by Crippen LogP contribution is -2.33. The first-order valence-corrected chi connectivity index (χ1v) is 3.52. The molecule has 1 atom stereocenters. The first kappa shape index (κ1) is 6.99. The third-order valence-electron chi connectivity index (χ3n) is 1.47. The number of nitrogens with one attached hydrogen (secondary N) is 3. The van der Waals surface area contributed by atoms with Gasteiger partial charge < -0.3 is 0 Å². The Morgan fingerprint density at radius 3 is 2.78 bits per heavy atom. The van der Waals surface area contributed by atoms with Crippen LogP contribution < -0.4 is 16.4 Å². The van der Waals surface area contributed by atoms with Crippen molar-refractivity contribution in [3.05, 3.63) is 0 Å². The van der Waals surface area contributed by atoms with Crippen LogP contribution >= 0.6 is 0 Å². The third kappa shape index (κ3) is 2.30.